The molecule has 2 heteroatoms. The summed E-state index contributed by atoms with van der Waals surface area (Å²) < 4.78 is 0. The highest BCUT2D eigenvalue weighted by Crippen LogP contribution is 2.03. The zero-order valence-electron chi connectivity index (χ0n) is 4.65. The molecule has 1 atom stereocenters. The van der Waals surface area contributed by atoms with Gasteiger partial charge in [0.25, 0.3) is 0 Å². The minimum atomic E-state index is 0.296. The quantitative estimate of drug-likeness (QED) is 0.561. The van der Waals surface area contributed by atoms with Crippen LogP contribution in [0.2, 0.25) is 0 Å². The molecule has 1 nitrogen and oxygen atoms in total. The Morgan fingerprint density at radius 1 is 1.71 bits per heavy atom. The first-order valence-corrected chi connectivity index (χ1v) is 3.09. The smallest absolute Gasteiger partial charge is 0.0345 e. The van der Waals surface area contributed by atoms with Crippen molar-refractivity contribution < 1.29 is 0 Å². The second-order valence-electron chi connectivity index (χ2n) is 1.58. The molecule has 0 radical (unpaired) electrons. The van der Waals surface area contributed by atoms with Crippen LogP contribution in [0.25, 0.3) is 0 Å². The monoisotopic (exact) mass is 121 g/mol. The van der Waals surface area contributed by atoms with Crippen LogP contribution >= 0.6 is 11.6 Å². The molecule has 0 heterocycles. The van der Waals surface area contributed by atoms with Crippen molar-refractivity contribution >= 4 is 11.6 Å². The van der Waals surface area contributed by atoms with Crippen molar-refractivity contribution in [2.24, 2.45) is 5.73 Å². The summed E-state index contributed by atoms with van der Waals surface area (Å²) in [6, 6.07) is 0. The fourth-order valence-electron chi connectivity index (χ4n) is 0.385. The van der Waals surface area contributed by atoms with Gasteiger partial charge in [0, 0.05) is 5.38 Å². The molecule has 0 aromatic heterocycles. The van der Waals surface area contributed by atoms with Crippen LogP contribution in [0.15, 0.2) is 0 Å². The minimum Gasteiger partial charge on any atom is -0.330 e. The molecule has 0 saturated carbocycles. The number of alkyl halides is 1. The standard InChI is InChI=1S/C5H12ClN/c1-2-5(6)3-4-7/h5H,2-4,7H2,1H3. The van der Waals surface area contributed by atoms with Crippen molar-refractivity contribution in [1.29, 1.82) is 0 Å². The van der Waals surface area contributed by atoms with E-state index in [9.17, 15) is 0 Å². The van der Waals surface area contributed by atoms with Gasteiger partial charge in [-0.3, -0.25) is 0 Å². The van der Waals surface area contributed by atoms with E-state index in [-0.39, 0.29) is 0 Å². The van der Waals surface area contributed by atoms with E-state index in [1.54, 1.807) is 0 Å². The zero-order chi connectivity index (χ0) is 5.70. The van der Waals surface area contributed by atoms with Crippen molar-refractivity contribution in [3.05, 3.63) is 0 Å². The maximum Gasteiger partial charge on any atom is 0.0345 e. The fourth-order valence-corrected chi connectivity index (χ4v) is 0.511. The molecule has 7 heavy (non-hydrogen) atoms. The van der Waals surface area contributed by atoms with E-state index in [1.807, 2.05) is 0 Å². The lowest BCUT2D eigenvalue weighted by Crippen LogP contribution is -2.06. The third-order valence-electron chi connectivity index (χ3n) is 0.923. The SMILES string of the molecule is CCC(Cl)CCN. The van der Waals surface area contributed by atoms with E-state index in [0.717, 1.165) is 12.8 Å². The Bertz CT molecular complexity index is 39.1. The summed E-state index contributed by atoms with van der Waals surface area (Å²) in [7, 11) is 0. The van der Waals surface area contributed by atoms with Crippen LogP contribution in [-0.2, 0) is 0 Å². The van der Waals surface area contributed by atoms with Crippen LogP contribution in [0, 0.1) is 0 Å². The average Bonchev–Trinajstić information content (AvgIpc) is 1.68. The van der Waals surface area contributed by atoms with Crippen LogP contribution in [0.4, 0.5) is 0 Å². The number of hydrogen-bond acceptors (Lipinski definition) is 1. The first-order valence-electron chi connectivity index (χ1n) is 2.65. The van der Waals surface area contributed by atoms with Crippen LogP contribution in [0.3, 0.4) is 0 Å². The molecule has 0 aliphatic heterocycles. The fraction of sp³-hybridized carbons (Fsp3) is 1.00. The predicted octanol–water partition coefficient (Wildman–Crippen LogP) is 1.35. The lowest BCUT2D eigenvalue weighted by atomic mass is 10.2. The maximum atomic E-state index is 5.69. The van der Waals surface area contributed by atoms with Crippen molar-refractivity contribution in [3.8, 4) is 0 Å². The summed E-state index contributed by atoms with van der Waals surface area (Å²) in [5.41, 5.74) is 5.22. The average molecular weight is 122 g/mol. The molecule has 0 bridgehead atoms. The van der Waals surface area contributed by atoms with E-state index in [2.05, 4.69) is 6.92 Å². The van der Waals surface area contributed by atoms with Gasteiger partial charge in [-0.25, -0.2) is 0 Å². The Balaban J connectivity index is 2.83. The molecular formula is C5H12ClN. The Morgan fingerprint density at radius 2 is 2.29 bits per heavy atom. The molecule has 2 N–H and O–H groups in total. The number of nitrogens with two attached hydrogens (primary N) is 1. The van der Waals surface area contributed by atoms with E-state index in [0.29, 0.717) is 11.9 Å². The number of rotatable bonds is 3. The van der Waals surface area contributed by atoms with Crippen LogP contribution < -0.4 is 5.73 Å². The summed E-state index contributed by atoms with van der Waals surface area (Å²) in [6.07, 6.45) is 1.97. The molecule has 1 unspecified atom stereocenters. The molecular weight excluding hydrogens is 110 g/mol. The first-order chi connectivity index (χ1) is 3.31. The Morgan fingerprint density at radius 3 is 2.43 bits per heavy atom. The molecule has 0 amide bonds. The molecule has 0 fully saturated rings. The number of halogens is 1. The molecule has 0 saturated heterocycles. The molecule has 0 aromatic rings. The third kappa shape index (κ3) is 4.10. The lowest BCUT2D eigenvalue weighted by Gasteiger charge is -1.99. The second-order valence-corrected chi connectivity index (χ2v) is 2.20. The maximum absolute atomic E-state index is 5.69. The van der Waals surface area contributed by atoms with Gasteiger partial charge in [0.1, 0.15) is 0 Å². The Hall–Kier alpha value is 0.250. The summed E-state index contributed by atoms with van der Waals surface area (Å²) >= 11 is 5.69. The van der Waals surface area contributed by atoms with Gasteiger partial charge in [-0.1, -0.05) is 6.92 Å². The van der Waals surface area contributed by atoms with Gasteiger partial charge in [-0.2, -0.15) is 0 Å². The topological polar surface area (TPSA) is 26.0 Å². The Labute approximate surface area is 49.8 Å². The van der Waals surface area contributed by atoms with E-state index in [1.165, 1.54) is 0 Å². The molecule has 0 aromatic carbocycles. The highest BCUT2D eigenvalue weighted by atomic mass is 35.5. The summed E-state index contributed by atoms with van der Waals surface area (Å²) in [5.74, 6) is 0. The van der Waals surface area contributed by atoms with E-state index in [4.69, 9.17) is 17.3 Å². The van der Waals surface area contributed by atoms with Gasteiger partial charge in [0.05, 0.1) is 0 Å². The molecule has 0 aliphatic carbocycles. The minimum absolute atomic E-state index is 0.296. The van der Waals surface area contributed by atoms with Crippen LogP contribution in [0.5, 0.6) is 0 Å². The lowest BCUT2D eigenvalue weighted by molar-refractivity contribution is 0.737. The highest BCUT2D eigenvalue weighted by molar-refractivity contribution is 6.20. The van der Waals surface area contributed by atoms with Crippen molar-refractivity contribution in [2.45, 2.75) is 25.1 Å². The third-order valence-corrected chi connectivity index (χ3v) is 1.45. The largest absolute Gasteiger partial charge is 0.330 e. The van der Waals surface area contributed by atoms with Gasteiger partial charge < -0.3 is 5.73 Å². The van der Waals surface area contributed by atoms with Crippen LogP contribution in [0.1, 0.15) is 19.8 Å². The molecule has 0 aliphatic rings. The van der Waals surface area contributed by atoms with Crippen molar-refractivity contribution in [1.82, 2.24) is 0 Å². The molecule has 0 rings (SSSR count). The first kappa shape index (κ1) is 7.25. The van der Waals surface area contributed by atoms with Gasteiger partial charge in [0.15, 0.2) is 0 Å². The second kappa shape index (κ2) is 4.41. The van der Waals surface area contributed by atoms with Crippen LogP contribution in [-0.4, -0.2) is 11.9 Å². The molecule has 0 spiro atoms. The van der Waals surface area contributed by atoms with E-state index < -0.39 is 0 Å². The normalized spacial score (nSPS) is 14.1. The summed E-state index contributed by atoms with van der Waals surface area (Å²) in [6.45, 7) is 2.77. The van der Waals surface area contributed by atoms with Gasteiger partial charge in [0.2, 0.25) is 0 Å². The predicted molar refractivity (Wildman–Crippen MR) is 33.6 cm³/mol. The summed E-state index contributed by atoms with van der Waals surface area (Å²) in [4.78, 5) is 0. The highest BCUT2D eigenvalue weighted by Gasteiger charge is 1.95. The van der Waals surface area contributed by atoms with Gasteiger partial charge in [-0.15, -0.1) is 11.6 Å². The van der Waals surface area contributed by atoms with Crippen molar-refractivity contribution in [3.63, 3.8) is 0 Å². The summed E-state index contributed by atoms with van der Waals surface area (Å²) in [5, 5.41) is 0.296. The zero-order valence-corrected chi connectivity index (χ0v) is 5.41. The number of hydrogen-bond donors (Lipinski definition) is 1. The van der Waals surface area contributed by atoms with Gasteiger partial charge >= 0.3 is 0 Å². The Kier molecular flexibility index (Phi) is 4.57. The van der Waals surface area contributed by atoms with Crippen molar-refractivity contribution in [2.75, 3.05) is 6.54 Å². The van der Waals surface area contributed by atoms with E-state index >= 15 is 0 Å². The molecule has 44 valence electrons. The van der Waals surface area contributed by atoms with Gasteiger partial charge in [-0.05, 0) is 19.4 Å².